The van der Waals surface area contributed by atoms with E-state index in [-0.39, 0.29) is 0 Å². The van der Waals surface area contributed by atoms with E-state index in [4.69, 9.17) is 5.11 Å². The number of hydrogen-bond donors (Lipinski definition) is 1. The van der Waals surface area contributed by atoms with Crippen LogP contribution < -0.4 is 0 Å². The zero-order valence-corrected chi connectivity index (χ0v) is 10.8. The standard InChI is InChI=1S/C12H16O2S2/c13-12(14)11-6-5-10(16-11)8-15-7-9-3-1-2-4-9/h5-6,9H,1-4,7-8H2,(H,13,14). The first-order valence-corrected chi connectivity index (χ1v) is 7.62. The topological polar surface area (TPSA) is 37.3 Å². The minimum atomic E-state index is -0.808. The number of carboxylic acid groups (broad SMARTS) is 1. The Morgan fingerprint density at radius 3 is 2.81 bits per heavy atom. The maximum Gasteiger partial charge on any atom is 0.345 e. The van der Waals surface area contributed by atoms with E-state index >= 15 is 0 Å². The Labute approximate surface area is 104 Å². The fourth-order valence-electron chi connectivity index (χ4n) is 2.07. The number of thiophene rings is 1. The minimum Gasteiger partial charge on any atom is -0.477 e. The molecule has 0 amide bonds. The summed E-state index contributed by atoms with van der Waals surface area (Å²) in [6.07, 6.45) is 5.57. The van der Waals surface area contributed by atoms with Crippen molar-refractivity contribution in [3.63, 3.8) is 0 Å². The Kier molecular flexibility index (Phi) is 4.29. The van der Waals surface area contributed by atoms with E-state index < -0.39 is 5.97 Å². The highest BCUT2D eigenvalue weighted by Gasteiger charge is 2.15. The molecule has 2 nitrogen and oxygen atoms in total. The predicted octanol–water partition coefficient (Wildman–Crippen LogP) is 3.87. The molecule has 1 aliphatic rings. The second-order valence-corrected chi connectivity index (χ2v) is 6.44. The zero-order chi connectivity index (χ0) is 11.4. The molecule has 0 aromatic carbocycles. The summed E-state index contributed by atoms with van der Waals surface area (Å²) in [5.41, 5.74) is 0. The Morgan fingerprint density at radius 1 is 1.44 bits per heavy atom. The first-order valence-electron chi connectivity index (χ1n) is 5.65. The van der Waals surface area contributed by atoms with Crippen LogP contribution in [0.5, 0.6) is 0 Å². The minimum absolute atomic E-state index is 0.455. The molecule has 1 saturated carbocycles. The summed E-state index contributed by atoms with van der Waals surface area (Å²) < 4.78 is 0. The third-order valence-electron chi connectivity index (χ3n) is 2.95. The predicted molar refractivity (Wildman–Crippen MR) is 69.4 cm³/mol. The summed E-state index contributed by atoms with van der Waals surface area (Å²) in [7, 11) is 0. The second-order valence-electron chi connectivity index (χ2n) is 4.24. The molecule has 1 heterocycles. The number of carboxylic acids is 1. The van der Waals surface area contributed by atoms with Crippen LogP contribution >= 0.6 is 23.1 Å². The Hall–Kier alpha value is -0.480. The molecule has 0 saturated heterocycles. The van der Waals surface area contributed by atoms with Gasteiger partial charge in [0.2, 0.25) is 0 Å². The molecule has 0 radical (unpaired) electrons. The molecule has 16 heavy (non-hydrogen) atoms. The normalized spacial score (nSPS) is 16.8. The van der Waals surface area contributed by atoms with Crippen molar-refractivity contribution >= 4 is 29.1 Å². The molecule has 0 aliphatic heterocycles. The average molecular weight is 256 g/mol. The Balaban J connectivity index is 1.74. The summed E-state index contributed by atoms with van der Waals surface area (Å²) in [5.74, 6) is 2.30. The van der Waals surface area contributed by atoms with Crippen molar-refractivity contribution < 1.29 is 9.90 Å². The van der Waals surface area contributed by atoms with Crippen LogP contribution in [0.4, 0.5) is 0 Å². The van der Waals surface area contributed by atoms with Crippen LogP contribution in [-0.4, -0.2) is 16.8 Å². The largest absolute Gasteiger partial charge is 0.477 e. The van der Waals surface area contributed by atoms with Crippen LogP contribution in [-0.2, 0) is 5.75 Å². The van der Waals surface area contributed by atoms with Gasteiger partial charge in [-0.15, -0.1) is 11.3 Å². The van der Waals surface area contributed by atoms with Crippen LogP contribution in [0, 0.1) is 5.92 Å². The van der Waals surface area contributed by atoms with E-state index in [9.17, 15) is 4.79 Å². The fourth-order valence-corrected chi connectivity index (χ4v) is 4.28. The van der Waals surface area contributed by atoms with E-state index in [1.807, 2.05) is 17.8 Å². The molecule has 0 atom stereocenters. The van der Waals surface area contributed by atoms with E-state index in [1.165, 1.54) is 47.7 Å². The summed E-state index contributed by atoms with van der Waals surface area (Å²) in [6.45, 7) is 0. The van der Waals surface area contributed by atoms with Crippen molar-refractivity contribution in [1.29, 1.82) is 0 Å². The molecule has 0 bridgehead atoms. The van der Waals surface area contributed by atoms with Crippen LogP contribution in [0.1, 0.15) is 40.2 Å². The van der Waals surface area contributed by atoms with Crippen LogP contribution in [0.15, 0.2) is 12.1 Å². The van der Waals surface area contributed by atoms with Gasteiger partial charge in [0, 0.05) is 10.6 Å². The van der Waals surface area contributed by atoms with Crippen molar-refractivity contribution in [2.45, 2.75) is 31.4 Å². The molecule has 0 unspecified atom stereocenters. The van der Waals surface area contributed by atoms with Crippen molar-refractivity contribution in [2.24, 2.45) is 5.92 Å². The van der Waals surface area contributed by atoms with E-state index in [1.54, 1.807) is 6.07 Å². The second kappa shape index (κ2) is 5.73. The molecule has 1 fully saturated rings. The maximum absolute atomic E-state index is 10.7. The lowest BCUT2D eigenvalue weighted by Crippen LogP contribution is -1.96. The van der Waals surface area contributed by atoms with E-state index in [0.717, 1.165) is 11.7 Å². The Bertz CT molecular complexity index is 354. The van der Waals surface area contributed by atoms with E-state index in [2.05, 4.69) is 0 Å². The highest BCUT2D eigenvalue weighted by atomic mass is 32.2. The maximum atomic E-state index is 10.7. The third-order valence-corrected chi connectivity index (χ3v) is 5.42. The lowest BCUT2D eigenvalue weighted by Gasteiger charge is -2.06. The molecule has 1 N–H and O–H groups in total. The van der Waals surface area contributed by atoms with Gasteiger partial charge in [0.15, 0.2) is 0 Å². The highest BCUT2D eigenvalue weighted by Crippen LogP contribution is 2.30. The SMILES string of the molecule is O=C(O)c1ccc(CSCC2CCCC2)s1. The summed E-state index contributed by atoms with van der Waals surface area (Å²) in [5, 5.41) is 8.80. The Morgan fingerprint density at radius 2 is 2.19 bits per heavy atom. The van der Waals surface area contributed by atoms with Gasteiger partial charge in [-0.1, -0.05) is 12.8 Å². The quantitative estimate of drug-likeness (QED) is 0.869. The van der Waals surface area contributed by atoms with Gasteiger partial charge in [0.25, 0.3) is 0 Å². The molecule has 0 spiro atoms. The van der Waals surface area contributed by atoms with Crippen LogP contribution in [0.25, 0.3) is 0 Å². The van der Waals surface area contributed by atoms with Crippen molar-refractivity contribution in [3.05, 3.63) is 21.9 Å². The van der Waals surface area contributed by atoms with Gasteiger partial charge >= 0.3 is 5.97 Å². The van der Waals surface area contributed by atoms with Crippen molar-refractivity contribution in [3.8, 4) is 0 Å². The molecule has 2 rings (SSSR count). The molecule has 4 heteroatoms. The number of carbonyl (C=O) groups is 1. The first kappa shape index (κ1) is 12.0. The van der Waals surface area contributed by atoms with Crippen molar-refractivity contribution in [2.75, 3.05) is 5.75 Å². The lowest BCUT2D eigenvalue weighted by molar-refractivity contribution is 0.0702. The zero-order valence-electron chi connectivity index (χ0n) is 9.15. The van der Waals surface area contributed by atoms with Crippen LogP contribution in [0.3, 0.4) is 0 Å². The monoisotopic (exact) mass is 256 g/mol. The van der Waals surface area contributed by atoms with E-state index in [0.29, 0.717) is 4.88 Å². The molecule has 1 aromatic heterocycles. The van der Waals surface area contributed by atoms with Crippen LogP contribution in [0.2, 0.25) is 0 Å². The first-order chi connectivity index (χ1) is 7.75. The van der Waals surface area contributed by atoms with Gasteiger partial charge in [-0.2, -0.15) is 11.8 Å². The molecular weight excluding hydrogens is 240 g/mol. The fraction of sp³-hybridized carbons (Fsp3) is 0.583. The molecule has 1 aromatic rings. The number of aromatic carboxylic acids is 1. The summed E-state index contributed by atoms with van der Waals surface area (Å²) >= 11 is 3.35. The van der Waals surface area contributed by atoms with Gasteiger partial charge in [-0.3, -0.25) is 0 Å². The highest BCUT2D eigenvalue weighted by molar-refractivity contribution is 7.98. The number of hydrogen-bond acceptors (Lipinski definition) is 3. The van der Waals surface area contributed by atoms with Gasteiger partial charge < -0.3 is 5.11 Å². The van der Waals surface area contributed by atoms with Gasteiger partial charge in [0.05, 0.1) is 0 Å². The third kappa shape index (κ3) is 3.25. The molecule has 1 aliphatic carbocycles. The van der Waals surface area contributed by atoms with Gasteiger partial charge in [-0.25, -0.2) is 4.79 Å². The lowest BCUT2D eigenvalue weighted by atomic mass is 10.1. The smallest absolute Gasteiger partial charge is 0.345 e. The summed E-state index contributed by atoms with van der Waals surface area (Å²) in [6, 6.07) is 3.65. The average Bonchev–Trinajstić information content (AvgIpc) is 2.87. The number of rotatable bonds is 5. The summed E-state index contributed by atoms with van der Waals surface area (Å²) in [4.78, 5) is 12.3. The van der Waals surface area contributed by atoms with Gasteiger partial charge in [0.1, 0.15) is 4.88 Å². The van der Waals surface area contributed by atoms with Gasteiger partial charge in [-0.05, 0) is 36.6 Å². The number of thioether (sulfide) groups is 1. The molecular formula is C12H16O2S2. The molecule has 88 valence electrons. The van der Waals surface area contributed by atoms with Crippen molar-refractivity contribution in [1.82, 2.24) is 0 Å².